The van der Waals surface area contributed by atoms with Gasteiger partial charge in [-0.25, -0.2) is 0 Å². The topological polar surface area (TPSA) is 62.0 Å². The van der Waals surface area contributed by atoms with Gasteiger partial charge in [0.1, 0.15) is 5.75 Å². The molecule has 1 aromatic carbocycles. The second-order valence-electron chi connectivity index (χ2n) is 3.84. The summed E-state index contributed by atoms with van der Waals surface area (Å²) in [5, 5.41) is 10.9. The van der Waals surface area contributed by atoms with E-state index in [9.17, 15) is 5.11 Å². The molecule has 0 bridgehead atoms. The summed E-state index contributed by atoms with van der Waals surface area (Å²) in [7, 11) is 0. The number of hydrogen-bond donors (Lipinski definition) is 3. The van der Waals surface area contributed by atoms with E-state index in [0.29, 0.717) is 5.75 Å². The first-order chi connectivity index (χ1) is 7.24. The molecule has 0 aliphatic rings. The summed E-state index contributed by atoms with van der Waals surface area (Å²) in [5.41, 5.74) is 7.78. The Morgan fingerprint density at radius 2 is 2.20 bits per heavy atom. The Morgan fingerprint density at radius 3 is 2.93 bits per heavy atom. The van der Waals surface area contributed by atoms with Crippen molar-refractivity contribution < 1.29 is 5.11 Å². The Hall–Kier alpha value is -1.48. The van der Waals surface area contributed by atoms with Crippen LogP contribution in [0.5, 0.6) is 5.75 Å². The van der Waals surface area contributed by atoms with E-state index in [1.165, 1.54) is 0 Å². The smallest absolute Gasteiger partial charge is 0.129 e. The first kappa shape index (κ1) is 10.1. The molecule has 0 fully saturated rings. The number of aromatic hydroxyl groups is 1. The molecule has 3 heteroatoms. The number of hydrogen-bond acceptors (Lipinski definition) is 2. The Bertz CT molecular complexity index is 462. The Balaban J connectivity index is 2.47. The van der Waals surface area contributed by atoms with Gasteiger partial charge in [-0.05, 0) is 18.6 Å². The first-order valence-corrected chi connectivity index (χ1v) is 5.28. The van der Waals surface area contributed by atoms with Crippen molar-refractivity contribution in [2.24, 2.45) is 5.73 Å². The standard InChI is InChI=1S/C12H16N2O/c1-2-3-10(13)8-4-5-11-9(12(8)15)6-7-14-11/h4-7,10,14-15H,2-3,13H2,1H3/t10-/m0/s1. The molecule has 0 aliphatic carbocycles. The van der Waals surface area contributed by atoms with Gasteiger partial charge in [0.2, 0.25) is 0 Å². The third-order valence-electron chi connectivity index (χ3n) is 2.74. The monoisotopic (exact) mass is 204 g/mol. The van der Waals surface area contributed by atoms with E-state index >= 15 is 0 Å². The number of nitrogens with two attached hydrogens (primary N) is 1. The fourth-order valence-corrected chi connectivity index (χ4v) is 1.90. The predicted octanol–water partition coefficient (Wildman–Crippen LogP) is 2.67. The highest BCUT2D eigenvalue weighted by molar-refractivity contribution is 5.87. The third-order valence-corrected chi connectivity index (χ3v) is 2.74. The van der Waals surface area contributed by atoms with Crippen molar-refractivity contribution in [2.75, 3.05) is 0 Å². The zero-order chi connectivity index (χ0) is 10.8. The van der Waals surface area contributed by atoms with Crippen LogP contribution in [0.3, 0.4) is 0 Å². The van der Waals surface area contributed by atoms with Crippen molar-refractivity contribution in [3.05, 3.63) is 30.0 Å². The molecule has 4 N–H and O–H groups in total. The van der Waals surface area contributed by atoms with Gasteiger partial charge in [-0.3, -0.25) is 0 Å². The van der Waals surface area contributed by atoms with Crippen LogP contribution in [0.25, 0.3) is 10.9 Å². The van der Waals surface area contributed by atoms with Crippen LogP contribution in [0.1, 0.15) is 31.4 Å². The molecule has 0 saturated heterocycles. The number of aromatic nitrogens is 1. The summed E-state index contributed by atoms with van der Waals surface area (Å²) in [6, 6.07) is 5.65. The minimum atomic E-state index is -0.0747. The van der Waals surface area contributed by atoms with Crippen molar-refractivity contribution in [2.45, 2.75) is 25.8 Å². The van der Waals surface area contributed by atoms with Gasteiger partial charge in [-0.15, -0.1) is 0 Å². The highest BCUT2D eigenvalue weighted by Crippen LogP contribution is 2.32. The molecular weight excluding hydrogens is 188 g/mol. The number of H-pyrrole nitrogens is 1. The minimum Gasteiger partial charge on any atom is -0.507 e. The van der Waals surface area contributed by atoms with Crippen LogP contribution in [0.2, 0.25) is 0 Å². The van der Waals surface area contributed by atoms with Crippen molar-refractivity contribution in [3.8, 4) is 5.75 Å². The summed E-state index contributed by atoms with van der Waals surface area (Å²) in [4.78, 5) is 3.06. The van der Waals surface area contributed by atoms with Crippen LogP contribution >= 0.6 is 0 Å². The molecule has 0 amide bonds. The predicted molar refractivity (Wildman–Crippen MR) is 61.8 cm³/mol. The molecule has 0 unspecified atom stereocenters. The molecule has 3 nitrogen and oxygen atoms in total. The number of benzene rings is 1. The van der Waals surface area contributed by atoms with E-state index in [0.717, 1.165) is 29.3 Å². The van der Waals surface area contributed by atoms with E-state index in [1.54, 1.807) is 0 Å². The van der Waals surface area contributed by atoms with Gasteiger partial charge < -0.3 is 15.8 Å². The average molecular weight is 204 g/mol. The van der Waals surface area contributed by atoms with Crippen LogP contribution < -0.4 is 5.73 Å². The molecule has 80 valence electrons. The van der Waals surface area contributed by atoms with Crippen LogP contribution in [0.4, 0.5) is 0 Å². The normalized spacial score (nSPS) is 13.2. The van der Waals surface area contributed by atoms with E-state index in [2.05, 4.69) is 11.9 Å². The summed E-state index contributed by atoms with van der Waals surface area (Å²) in [6.45, 7) is 2.09. The number of fused-ring (bicyclic) bond motifs is 1. The van der Waals surface area contributed by atoms with E-state index in [1.807, 2.05) is 24.4 Å². The lowest BCUT2D eigenvalue weighted by Gasteiger charge is -2.12. The van der Waals surface area contributed by atoms with Gasteiger partial charge in [-0.2, -0.15) is 0 Å². The van der Waals surface area contributed by atoms with E-state index < -0.39 is 0 Å². The van der Waals surface area contributed by atoms with Crippen LogP contribution in [-0.4, -0.2) is 10.1 Å². The third kappa shape index (κ3) is 1.70. The maximum Gasteiger partial charge on any atom is 0.129 e. The zero-order valence-electron chi connectivity index (χ0n) is 8.83. The maximum atomic E-state index is 10.0. The van der Waals surface area contributed by atoms with Crippen LogP contribution in [0.15, 0.2) is 24.4 Å². The van der Waals surface area contributed by atoms with E-state index in [-0.39, 0.29) is 6.04 Å². The van der Waals surface area contributed by atoms with Gasteiger partial charge in [0, 0.05) is 28.7 Å². The summed E-state index contributed by atoms with van der Waals surface area (Å²) < 4.78 is 0. The zero-order valence-corrected chi connectivity index (χ0v) is 8.83. The van der Waals surface area contributed by atoms with Crippen LogP contribution in [-0.2, 0) is 0 Å². The molecular formula is C12H16N2O. The molecule has 15 heavy (non-hydrogen) atoms. The van der Waals surface area contributed by atoms with E-state index in [4.69, 9.17) is 5.73 Å². The Morgan fingerprint density at radius 1 is 1.40 bits per heavy atom. The Labute approximate surface area is 88.9 Å². The molecule has 1 atom stereocenters. The van der Waals surface area contributed by atoms with Crippen molar-refractivity contribution in [1.82, 2.24) is 4.98 Å². The van der Waals surface area contributed by atoms with Crippen LogP contribution in [0, 0.1) is 0 Å². The summed E-state index contributed by atoms with van der Waals surface area (Å²) >= 11 is 0. The largest absolute Gasteiger partial charge is 0.507 e. The lowest BCUT2D eigenvalue weighted by atomic mass is 10.0. The Kier molecular flexibility index (Phi) is 2.64. The number of rotatable bonds is 3. The van der Waals surface area contributed by atoms with Gasteiger partial charge in [0.05, 0.1) is 0 Å². The minimum absolute atomic E-state index is 0.0747. The van der Waals surface area contributed by atoms with Gasteiger partial charge in [0.15, 0.2) is 0 Å². The molecule has 0 spiro atoms. The van der Waals surface area contributed by atoms with Gasteiger partial charge in [-0.1, -0.05) is 19.4 Å². The molecule has 1 heterocycles. The lowest BCUT2D eigenvalue weighted by molar-refractivity contribution is 0.464. The second kappa shape index (κ2) is 3.95. The summed E-state index contributed by atoms with van der Waals surface area (Å²) in [6.07, 6.45) is 3.73. The average Bonchev–Trinajstić information content (AvgIpc) is 2.67. The second-order valence-corrected chi connectivity index (χ2v) is 3.84. The molecule has 1 aromatic heterocycles. The van der Waals surface area contributed by atoms with Gasteiger partial charge in [0.25, 0.3) is 0 Å². The number of phenolic OH excluding ortho intramolecular Hbond substituents is 1. The van der Waals surface area contributed by atoms with Crippen molar-refractivity contribution in [3.63, 3.8) is 0 Å². The molecule has 0 saturated carbocycles. The maximum absolute atomic E-state index is 10.0. The molecule has 0 radical (unpaired) electrons. The molecule has 2 rings (SSSR count). The number of nitrogens with one attached hydrogen (secondary N) is 1. The number of aromatic amines is 1. The molecule has 2 aromatic rings. The molecule has 0 aliphatic heterocycles. The SMILES string of the molecule is CCC[C@H](N)c1ccc2[nH]ccc2c1O. The van der Waals surface area contributed by atoms with Crippen molar-refractivity contribution >= 4 is 10.9 Å². The fourth-order valence-electron chi connectivity index (χ4n) is 1.90. The number of phenols is 1. The quantitative estimate of drug-likeness (QED) is 0.719. The first-order valence-electron chi connectivity index (χ1n) is 5.28. The van der Waals surface area contributed by atoms with Crippen molar-refractivity contribution in [1.29, 1.82) is 0 Å². The van der Waals surface area contributed by atoms with Gasteiger partial charge >= 0.3 is 0 Å². The lowest BCUT2D eigenvalue weighted by Crippen LogP contribution is -2.09. The summed E-state index contributed by atoms with van der Waals surface area (Å²) in [5.74, 6) is 0.315. The highest BCUT2D eigenvalue weighted by Gasteiger charge is 2.12. The highest BCUT2D eigenvalue weighted by atomic mass is 16.3. The fraction of sp³-hybridized carbons (Fsp3) is 0.333.